The lowest BCUT2D eigenvalue weighted by Gasteiger charge is -2.04. The molecule has 0 aliphatic heterocycles. The van der Waals surface area contributed by atoms with Crippen LogP contribution in [0.15, 0.2) is 35.4 Å². The monoisotopic (exact) mass is 338 g/mol. The van der Waals surface area contributed by atoms with Gasteiger partial charge in [0.1, 0.15) is 0 Å². The molecule has 2 aromatic rings. The molecule has 25 heavy (non-hydrogen) atoms. The second kappa shape index (κ2) is 8.10. The highest BCUT2D eigenvalue weighted by Crippen LogP contribution is 2.38. The molecule has 1 saturated carbocycles. The van der Waals surface area contributed by atoms with Crippen molar-refractivity contribution >= 4 is 11.6 Å². The Kier molecular flexibility index (Phi) is 5.64. The van der Waals surface area contributed by atoms with Crippen molar-refractivity contribution in [2.75, 3.05) is 0 Å². The number of nitrogens with zero attached hydrogens (tertiary/aromatic N) is 2. The van der Waals surface area contributed by atoms with Crippen LogP contribution in [0.4, 0.5) is 0 Å². The first-order valence-electron chi connectivity index (χ1n) is 9.16. The van der Waals surface area contributed by atoms with E-state index in [0.717, 1.165) is 23.4 Å². The summed E-state index contributed by atoms with van der Waals surface area (Å²) in [6.07, 6.45) is 7.20. The number of hydrogen-bond acceptors (Lipinski definition) is 3. The molecule has 1 aliphatic carbocycles. The Morgan fingerprint density at radius 3 is 2.72 bits per heavy atom. The van der Waals surface area contributed by atoms with Crippen molar-refractivity contribution in [1.82, 2.24) is 15.6 Å². The number of unbranched alkanes of at least 4 members (excludes halogenated alkanes) is 2. The van der Waals surface area contributed by atoms with Crippen LogP contribution in [-0.4, -0.2) is 21.8 Å². The SMILES string of the molecule is CCCCCc1ccc(/C(C)=N\NC(=O)c2cc(C3CC3)[nH]n2)cc1. The van der Waals surface area contributed by atoms with E-state index < -0.39 is 0 Å². The Morgan fingerprint density at radius 1 is 1.28 bits per heavy atom. The number of benzene rings is 1. The first kappa shape index (κ1) is 17.4. The van der Waals surface area contributed by atoms with Gasteiger partial charge < -0.3 is 0 Å². The van der Waals surface area contributed by atoms with Gasteiger partial charge in [-0.2, -0.15) is 10.2 Å². The van der Waals surface area contributed by atoms with Crippen LogP contribution in [0.5, 0.6) is 0 Å². The predicted octanol–water partition coefficient (Wildman–Crippen LogP) is 4.17. The van der Waals surface area contributed by atoms with Crippen LogP contribution >= 0.6 is 0 Å². The summed E-state index contributed by atoms with van der Waals surface area (Å²) in [4.78, 5) is 12.1. The molecule has 0 saturated heterocycles. The average Bonchev–Trinajstić information content (AvgIpc) is 3.37. The van der Waals surface area contributed by atoms with Gasteiger partial charge in [0, 0.05) is 11.6 Å². The second-order valence-corrected chi connectivity index (χ2v) is 6.77. The van der Waals surface area contributed by atoms with Crippen molar-refractivity contribution in [3.8, 4) is 0 Å². The number of hydrogen-bond donors (Lipinski definition) is 2. The number of aryl methyl sites for hydroxylation is 1. The number of carbonyl (C=O) groups is 1. The molecule has 2 N–H and O–H groups in total. The van der Waals surface area contributed by atoms with Crippen LogP contribution in [-0.2, 0) is 6.42 Å². The summed E-state index contributed by atoms with van der Waals surface area (Å²) in [7, 11) is 0. The van der Waals surface area contributed by atoms with Crippen LogP contribution < -0.4 is 5.43 Å². The average molecular weight is 338 g/mol. The van der Waals surface area contributed by atoms with Crippen LogP contribution in [0.1, 0.15) is 79.2 Å². The number of rotatable bonds is 8. The molecule has 1 amide bonds. The largest absolute Gasteiger partial charge is 0.291 e. The van der Waals surface area contributed by atoms with E-state index in [1.165, 1.54) is 37.7 Å². The summed E-state index contributed by atoms with van der Waals surface area (Å²) < 4.78 is 0. The Labute approximate surface area is 148 Å². The van der Waals surface area contributed by atoms with Gasteiger partial charge in [-0.15, -0.1) is 0 Å². The Hall–Kier alpha value is -2.43. The first-order chi connectivity index (χ1) is 12.2. The van der Waals surface area contributed by atoms with E-state index in [2.05, 4.69) is 51.9 Å². The fourth-order valence-corrected chi connectivity index (χ4v) is 2.80. The molecule has 0 unspecified atom stereocenters. The normalized spacial score (nSPS) is 14.6. The number of amides is 1. The minimum Gasteiger partial charge on any atom is -0.281 e. The molecule has 1 aromatic heterocycles. The molecule has 132 valence electrons. The lowest BCUT2D eigenvalue weighted by molar-refractivity contribution is 0.0950. The molecule has 1 heterocycles. The summed E-state index contributed by atoms with van der Waals surface area (Å²) in [5, 5.41) is 11.2. The van der Waals surface area contributed by atoms with Crippen molar-refractivity contribution in [2.45, 2.75) is 58.3 Å². The van der Waals surface area contributed by atoms with E-state index in [1.807, 2.05) is 13.0 Å². The van der Waals surface area contributed by atoms with Gasteiger partial charge in [0.05, 0.1) is 5.71 Å². The molecule has 5 heteroatoms. The fourth-order valence-electron chi connectivity index (χ4n) is 2.80. The molecule has 1 aromatic carbocycles. The number of nitrogens with one attached hydrogen (secondary N) is 2. The van der Waals surface area contributed by atoms with Crippen molar-refractivity contribution < 1.29 is 4.79 Å². The molecule has 0 bridgehead atoms. The highest BCUT2D eigenvalue weighted by atomic mass is 16.2. The number of hydrazone groups is 1. The molecule has 3 rings (SSSR count). The van der Waals surface area contributed by atoms with E-state index in [-0.39, 0.29) is 5.91 Å². The Bertz CT molecular complexity index is 741. The zero-order chi connectivity index (χ0) is 17.6. The van der Waals surface area contributed by atoms with Crippen LogP contribution in [0.2, 0.25) is 0 Å². The third-order valence-corrected chi connectivity index (χ3v) is 4.61. The fraction of sp³-hybridized carbons (Fsp3) is 0.450. The smallest absolute Gasteiger partial charge is 0.281 e. The zero-order valence-corrected chi connectivity index (χ0v) is 15.0. The molecule has 1 aliphatic rings. The third-order valence-electron chi connectivity index (χ3n) is 4.61. The minimum atomic E-state index is -0.279. The quantitative estimate of drug-likeness (QED) is 0.431. The molecule has 1 fully saturated rings. The Morgan fingerprint density at radius 2 is 2.04 bits per heavy atom. The number of carbonyl (C=O) groups excluding carboxylic acids is 1. The highest BCUT2D eigenvalue weighted by molar-refractivity contribution is 6.00. The van der Waals surface area contributed by atoms with Gasteiger partial charge in [-0.3, -0.25) is 9.89 Å². The molecule has 0 radical (unpaired) electrons. The van der Waals surface area contributed by atoms with E-state index in [0.29, 0.717) is 11.6 Å². The summed E-state index contributed by atoms with van der Waals surface area (Å²) in [5.74, 6) is 0.272. The zero-order valence-electron chi connectivity index (χ0n) is 15.0. The minimum absolute atomic E-state index is 0.279. The molecular weight excluding hydrogens is 312 g/mol. The molecule has 0 atom stereocenters. The van der Waals surface area contributed by atoms with Gasteiger partial charge >= 0.3 is 0 Å². The molecular formula is C20H26N4O. The van der Waals surface area contributed by atoms with Gasteiger partial charge in [-0.25, -0.2) is 5.43 Å². The van der Waals surface area contributed by atoms with E-state index in [1.54, 1.807) is 0 Å². The first-order valence-corrected chi connectivity index (χ1v) is 9.16. The van der Waals surface area contributed by atoms with E-state index in [9.17, 15) is 4.79 Å². The highest BCUT2D eigenvalue weighted by Gasteiger charge is 2.26. The van der Waals surface area contributed by atoms with Gasteiger partial charge in [-0.1, -0.05) is 44.0 Å². The van der Waals surface area contributed by atoms with E-state index >= 15 is 0 Å². The predicted molar refractivity (Wildman–Crippen MR) is 99.9 cm³/mol. The molecule has 0 spiro atoms. The van der Waals surface area contributed by atoms with Gasteiger partial charge in [-0.05, 0) is 49.8 Å². The Balaban J connectivity index is 1.55. The topological polar surface area (TPSA) is 70.1 Å². The van der Waals surface area contributed by atoms with Crippen molar-refractivity contribution in [1.29, 1.82) is 0 Å². The second-order valence-electron chi connectivity index (χ2n) is 6.77. The van der Waals surface area contributed by atoms with Gasteiger partial charge in [0.25, 0.3) is 5.91 Å². The lowest BCUT2D eigenvalue weighted by Crippen LogP contribution is -2.19. The summed E-state index contributed by atoms with van der Waals surface area (Å²) in [6, 6.07) is 10.2. The van der Waals surface area contributed by atoms with Gasteiger partial charge in [0.15, 0.2) is 5.69 Å². The van der Waals surface area contributed by atoms with Crippen LogP contribution in [0, 0.1) is 0 Å². The summed E-state index contributed by atoms with van der Waals surface area (Å²) >= 11 is 0. The van der Waals surface area contributed by atoms with Crippen molar-refractivity contribution in [3.63, 3.8) is 0 Å². The van der Waals surface area contributed by atoms with Gasteiger partial charge in [0.2, 0.25) is 0 Å². The maximum absolute atomic E-state index is 12.1. The summed E-state index contributed by atoms with van der Waals surface area (Å²) in [5.41, 5.74) is 7.18. The molecule has 5 nitrogen and oxygen atoms in total. The van der Waals surface area contributed by atoms with Crippen molar-refractivity contribution in [2.24, 2.45) is 5.10 Å². The lowest BCUT2D eigenvalue weighted by atomic mass is 10.0. The van der Waals surface area contributed by atoms with Crippen LogP contribution in [0.3, 0.4) is 0 Å². The third kappa shape index (κ3) is 4.78. The van der Waals surface area contributed by atoms with Crippen LogP contribution in [0.25, 0.3) is 0 Å². The maximum Gasteiger partial charge on any atom is 0.291 e. The summed E-state index contributed by atoms with van der Waals surface area (Å²) in [6.45, 7) is 4.11. The number of aromatic nitrogens is 2. The maximum atomic E-state index is 12.1. The van der Waals surface area contributed by atoms with Crippen molar-refractivity contribution in [3.05, 3.63) is 52.8 Å². The number of aromatic amines is 1. The van der Waals surface area contributed by atoms with E-state index in [4.69, 9.17) is 0 Å². The standard InChI is InChI=1S/C20H26N4O/c1-3-4-5-6-15-7-9-16(10-8-15)14(2)21-24-20(25)19-13-18(22-23-19)17-11-12-17/h7-10,13,17H,3-6,11-12H2,1-2H3,(H,22,23)(H,24,25)/b21-14-. The number of H-pyrrole nitrogens is 1.